The average molecular weight is 267 g/mol. The van der Waals surface area contributed by atoms with Crippen molar-refractivity contribution in [3.63, 3.8) is 0 Å². The quantitative estimate of drug-likeness (QED) is 0.767. The molecule has 0 spiro atoms. The lowest BCUT2D eigenvalue weighted by molar-refractivity contribution is -0.121. The minimum Gasteiger partial charge on any atom is -0.352 e. The fourth-order valence-electron chi connectivity index (χ4n) is 3.48. The lowest BCUT2D eigenvalue weighted by Crippen LogP contribution is -2.48. The third-order valence-corrected chi connectivity index (χ3v) is 4.73. The molecule has 2 aliphatic heterocycles. The third-order valence-electron chi connectivity index (χ3n) is 4.73. The van der Waals surface area contributed by atoms with Gasteiger partial charge >= 0.3 is 0 Å². The van der Waals surface area contributed by atoms with Crippen LogP contribution in [0.25, 0.3) is 0 Å². The Morgan fingerprint density at radius 3 is 2.74 bits per heavy atom. The Labute approximate surface area is 117 Å². The van der Waals surface area contributed by atoms with E-state index in [1.54, 1.807) is 0 Å². The van der Waals surface area contributed by atoms with Crippen LogP contribution in [0.15, 0.2) is 0 Å². The van der Waals surface area contributed by atoms with Crippen LogP contribution in [-0.4, -0.2) is 48.6 Å². The van der Waals surface area contributed by atoms with Crippen LogP contribution in [0.2, 0.25) is 0 Å². The second-order valence-electron chi connectivity index (χ2n) is 5.96. The summed E-state index contributed by atoms with van der Waals surface area (Å²) in [5, 5.41) is 6.58. The standard InChI is InChI=1S/C15H29N3O/c1-3-12(4-2)17-15(19)11-16-13-8-10-18-9-6-5-7-14(13)18/h12-14,16H,3-11H2,1-2H3,(H,17,19). The zero-order valence-electron chi connectivity index (χ0n) is 12.5. The maximum absolute atomic E-state index is 11.9. The van der Waals surface area contributed by atoms with Gasteiger partial charge in [0.2, 0.25) is 5.91 Å². The highest BCUT2D eigenvalue weighted by Gasteiger charge is 2.35. The number of amides is 1. The molecule has 0 radical (unpaired) electrons. The molecule has 110 valence electrons. The molecule has 2 rings (SSSR count). The highest BCUT2D eigenvalue weighted by Crippen LogP contribution is 2.26. The van der Waals surface area contributed by atoms with Crippen molar-refractivity contribution in [3.05, 3.63) is 0 Å². The zero-order valence-corrected chi connectivity index (χ0v) is 12.5. The number of fused-ring (bicyclic) bond motifs is 1. The van der Waals surface area contributed by atoms with Crippen LogP contribution in [0.5, 0.6) is 0 Å². The summed E-state index contributed by atoms with van der Waals surface area (Å²) in [6.07, 6.45) is 7.22. The minimum absolute atomic E-state index is 0.156. The summed E-state index contributed by atoms with van der Waals surface area (Å²) in [4.78, 5) is 14.5. The summed E-state index contributed by atoms with van der Waals surface area (Å²) in [5.41, 5.74) is 0. The van der Waals surface area contributed by atoms with Gasteiger partial charge < -0.3 is 10.6 Å². The average Bonchev–Trinajstić information content (AvgIpc) is 2.86. The van der Waals surface area contributed by atoms with Crippen molar-refractivity contribution >= 4 is 5.91 Å². The predicted molar refractivity (Wildman–Crippen MR) is 78.1 cm³/mol. The number of hydrogen-bond acceptors (Lipinski definition) is 3. The van der Waals surface area contributed by atoms with Crippen LogP contribution in [-0.2, 0) is 4.79 Å². The molecule has 2 unspecified atom stereocenters. The first kappa shape index (κ1) is 14.8. The summed E-state index contributed by atoms with van der Waals surface area (Å²) in [5.74, 6) is 0.156. The van der Waals surface area contributed by atoms with E-state index in [9.17, 15) is 4.79 Å². The molecular weight excluding hydrogens is 238 g/mol. The van der Waals surface area contributed by atoms with Crippen molar-refractivity contribution in [1.29, 1.82) is 0 Å². The van der Waals surface area contributed by atoms with E-state index in [4.69, 9.17) is 0 Å². The van der Waals surface area contributed by atoms with E-state index in [2.05, 4.69) is 29.4 Å². The van der Waals surface area contributed by atoms with Crippen LogP contribution in [0.4, 0.5) is 0 Å². The molecule has 0 aromatic heterocycles. The fourth-order valence-corrected chi connectivity index (χ4v) is 3.48. The lowest BCUT2D eigenvalue weighted by atomic mass is 9.99. The minimum atomic E-state index is 0.156. The second-order valence-corrected chi connectivity index (χ2v) is 5.96. The molecule has 0 aliphatic carbocycles. The van der Waals surface area contributed by atoms with Crippen molar-refractivity contribution in [2.45, 2.75) is 70.5 Å². The van der Waals surface area contributed by atoms with Crippen LogP contribution < -0.4 is 10.6 Å². The lowest BCUT2D eigenvalue weighted by Gasteiger charge is -2.32. The molecule has 0 aromatic carbocycles. The van der Waals surface area contributed by atoms with E-state index >= 15 is 0 Å². The Kier molecular flexibility index (Phi) is 5.64. The van der Waals surface area contributed by atoms with E-state index < -0.39 is 0 Å². The Balaban J connectivity index is 1.71. The highest BCUT2D eigenvalue weighted by molar-refractivity contribution is 5.78. The van der Waals surface area contributed by atoms with Gasteiger partial charge in [-0.3, -0.25) is 9.69 Å². The van der Waals surface area contributed by atoms with E-state index in [0.29, 0.717) is 24.7 Å². The van der Waals surface area contributed by atoms with E-state index in [-0.39, 0.29) is 5.91 Å². The summed E-state index contributed by atoms with van der Waals surface area (Å²) in [6, 6.07) is 1.53. The first-order valence-corrected chi connectivity index (χ1v) is 8.01. The predicted octanol–water partition coefficient (Wildman–Crippen LogP) is 1.51. The van der Waals surface area contributed by atoms with Crippen LogP contribution >= 0.6 is 0 Å². The molecule has 4 nitrogen and oxygen atoms in total. The maximum atomic E-state index is 11.9. The number of nitrogens with zero attached hydrogens (tertiary/aromatic N) is 1. The number of rotatable bonds is 6. The van der Waals surface area contributed by atoms with Crippen molar-refractivity contribution in [1.82, 2.24) is 15.5 Å². The molecule has 2 atom stereocenters. The molecule has 19 heavy (non-hydrogen) atoms. The molecule has 2 aliphatic rings. The van der Waals surface area contributed by atoms with Crippen molar-refractivity contribution in [2.24, 2.45) is 0 Å². The Hall–Kier alpha value is -0.610. The molecule has 2 saturated heterocycles. The van der Waals surface area contributed by atoms with Gasteiger partial charge in [0.25, 0.3) is 0 Å². The largest absolute Gasteiger partial charge is 0.352 e. The molecule has 0 aromatic rings. The summed E-state index contributed by atoms with van der Waals surface area (Å²) in [7, 11) is 0. The third kappa shape index (κ3) is 3.93. The number of carbonyl (C=O) groups excluding carboxylic acids is 1. The number of piperidine rings is 1. The van der Waals surface area contributed by atoms with E-state index in [1.165, 1.54) is 38.8 Å². The molecule has 2 fully saturated rings. The highest BCUT2D eigenvalue weighted by atomic mass is 16.2. The first-order valence-electron chi connectivity index (χ1n) is 8.01. The van der Waals surface area contributed by atoms with E-state index in [0.717, 1.165) is 12.8 Å². The summed E-state index contributed by atoms with van der Waals surface area (Å²) in [6.45, 7) is 7.18. The van der Waals surface area contributed by atoms with Crippen LogP contribution in [0, 0.1) is 0 Å². The molecule has 2 N–H and O–H groups in total. The molecule has 1 amide bonds. The fraction of sp³-hybridized carbons (Fsp3) is 0.933. The summed E-state index contributed by atoms with van der Waals surface area (Å²) >= 11 is 0. The monoisotopic (exact) mass is 267 g/mol. The maximum Gasteiger partial charge on any atom is 0.234 e. The van der Waals surface area contributed by atoms with Gasteiger partial charge in [0.1, 0.15) is 0 Å². The zero-order chi connectivity index (χ0) is 13.7. The van der Waals surface area contributed by atoms with Gasteiger partial charge in [-0.05, 0) is 38.6 Å². The van der Waals surface area contributed by atoms with Crippen molar-refractivity contribution in [3.8, 4) is 0 Å². The normalized spacial score (nSPS) is 27.5. The number of nitrogens with one attached hydrogen (secondary N) is 2. The molecule has 2 heterocycles. The number of hydrogen-bond donors (Lipinski definition) is 2. The molecular formula is C15H29N3O. The van der Waals surface area contributed by atoms with Gasteiger partial charge in [-0.2, -0.15) is 0 Å². The SMILES string of the molecule is CCC(CC)NC(=O)CNC1CCN2CCCCC12. The van der Waals surface area contributed by atoms with Crippen LogP contribution in [0.1, 0.15) is 52.4 Å². The second kappa shape index (κ2) is 7.25. The van der Waals surface area contributed by atoms with Gasteiger partial charge in [-0.25, -0.2) is 0 Å². The smallest absolute Gasteiger partial charge is 0.234 e. The van der Waals surface area contributed by atoms with Crippen molar-refractivity contribution < 1.29 is 4.79 Å². The van der Waals surface area contributed by atoms with Crippen LogP contribution in [0.3, 0.4) is 0 Å². The van der Waals surface area contributed by atoms with Gasteiger partial charge in [-0.15, -0.1) is 0 Å². The molecule has 0 bridgehead atoms. The summed E-state index contributed by atoms with van der Waals surface area (Å²) < 4.78 is 0. The molecule has 0 saturated carbocycles. The van der Waals surface area contributed by atoms with Gasteiger partial charge in [0, 0.05) is 24.7 Å². The van der Waals surface area contributed by atoms with E-state index in [1.807, 2.05) is 0 Å². The van der Waals surface area contributed by atoms with Gasteiger partial charge in [0.15, 0.2) is 0 Å². The first-order chi connectivity index (χ1) is 9.24. The Morgan fingerprint density at radius 2 is 2.00 bits per heavy atom. The van der Waals surface area contributed by atoms with Gasteiger partial charge in [-0.1, -0.05) is 20.3 Å². The Morgan fingerprint density at radius 1 is 1.21 bits per heavy atom. The van der Waals surface area contributed by atoms with Gasteiger partial charge in [0.05, 0.1) is 6.54 Å². The molecule has 4 heteroatoms. The Bertz CT molecular complexity index is 291. The van der Waals surface area contributed by atoms with Crippen molar-refractivity contribution in [2.75, 3.05) is 19.6 Å². The topological polar surface area (TPSA) is 44.4 Å². The number of carbonyl (C=O) groups is 1.